The highest BCUT2D eigenvalue weighted by atomic mass is 16.3. The summed E-state index contributed by atoms with van der Waals surface area (Å²) in [5, 5.41) is 24.0. The lowest BCUT2D eigenvalue weighted by molar-refractivity contribution is -0.111. The van der Waals surface area contributed by atoms with E-state index in [0.29, 0.717) is 27.7 Å². The van der Waals surface area contributed by atoms with Gasteiger partial charge in [-0.2, -0.15) is 5.10 Å². The molecule has 10 nitrogen and oxygen atoms in total. The molecule has 10 heteroatoms. The summed E-state index contributed by atoms with van der Waals surface area (Å²) in [6, 6.07) is 5.04. The SMILES string of the molecule is CC=C1CCC(N2C(=O)c3cc4nc(/C(C(C)=O)=C(/C=C\C)C(=N)CC(O)Cn5nc(C)cc5C)[nH]c4cc3C2=O)CC1. The Labute approximate surface area is 250 Å². The Kier molecular flexibility index (Phi) is 8.41. The number of aliphatic hydroxyl groups is 1. The number of benzene rings is 1. The second kappa shape index (κ2) is 12.0. The van der Waals surface area contributed by atoms with Crippen molar-refractivity contribution < 1.29 is 19.5 Å². The van der Waals surface area contributed by atoms with Gasteiger partial charge in [0.15, 0.2) is 5.78 Å². The van der Waals surface area contributed by atoms with E-state index < -0.39 is 6.10 Å². The second-order valence-electron chi connectivity index (χ2n) is 11.4. The fourth-order valence-electron chi connectivity index (χ4n) is 6.19. The molecule has 1 unspecified atom stereocenters. The van der Waals surface area contributed by atoms with E-state index in [2.05, 4.69) is 21.1 Å². The number of imide groups is 1. The molecule has 2 aliphatic rings. The molecule has 224 valence electrons. The van der Waals surface area contributed by atoms with Gasteiger partial charge in [0.25, 0.3) is 11.8 Å². The molecule has 1 aliphatic carbocycles. The molecule has 2 amide bonds. The summed E-state index contributed by atoms with van der Waals surface area (Å²) < 4.78 is 1.70. The molecule has 1 saturated carbocycles. The zero-order valence-electron chi connectivity index (χ0n) is 25.3. The number of Topliss-reactive ketones (excluding diaryl/α,β-unsaturated/α-hetero) is 1. The molecule has 3 aromatic rings. The molecule has 1 fully saturated rings. The third-order valence-electron chi connectivity index (χ3n) is 8.33. The van der Waals surface area contributed by atoms with Crippen LogP contribution < -0.4 is 0 Å². The number of rotatable bonds is 9. The fraction of sp³-hybridized carbons (Fsp3) is 0.394. The number of aliphatic hydroxyl groups excluding tert-OH is 1. The summed E-state index contributed by atoms with van der Waals surface area (Å²) >= 11 is 0. The number of ketones is 1. The number of nitrogens with zero attached hydrogens (tertiary/aromatic N) is 4. The highest BCUT2D eigenvalue weighted by Crippen LogP contribution is 2.35. The van der Waals surface area contributed by atoms with Crippen LogP contribution >= 0.6 is 0 Å². The van der Waals surface area contributed by atoms with Crippen molar-refractivity contribution >= 4 is 39.9 Å². The summed E-state index contributed by atoms with van der Waals surface area (Å²) in [6.07, 6.45) is 7.88. The van der Waals surface area contributed by atoms with Crippen LogP contribution in [0.5, 0.6) is 0 Å². The molecule has 5 rings (SSSR count). The number of H-pyrrole nitrogens is 1. The molecule has 3 heterocycles. The van der Waals surface area contributed by atoms with Crippen LogP contribution in [-0.2, 0) is 11.3 Å². The van der Waals surface area contributed by atoms with Crippen molar-refractivity contribution in [1.82, 2.24) is 24.6 Å². The van der Waals surface area contributed by atoms with Gasteiger partial charge in [0.05, 0.1) is 46.1 Å². The number of carbonyl (C=O) groups is 3. The number of aromatic nitrogens is 4. The number of fused-ring (bicyclic) bond motifs is 2. The van der Waals surface area contributed by atoms with Crippen molar-refractivity contribution in [3.05, 3.63) is 75.9 Å². The molecule has 1 aliphatic heterocycles. The Hall–Kier alpha value is -4.44. The van der Waals surface area contributed by atoms with E-state index in [-0.39, 0.29) is 53.7 Å². The molecular formula is C33H38N6O4. The molecule has 0 saturated heterocycles. The minimum absolute atomic E-state index is 0.00112. The van der Waals surface area contributed by atoms with Gasteiger partial charge in [-0.15, -0.1) is 0 Å². The fourth-order valence-corrected chi connectivity index (χ4v) is 6.19. The van der Waals surface area contributed by atoms with Crippen molar-refractivity contribution in [2.24, 2.45) is 0 Å². The highest BCUT2D eigenvalue weighted by molar-refractivity contribution is 6.27. The second-order valence-corrected chi connectivity index (χ2v) is 11.4. The molecule has 0 bridgehead atoms. The number of aromatic amines is 1. The van der Waals surface area contributed by atoms with Crippen LogP contribution in [0.25, 0.3) is 16.6 Å². The Morgan fingerprint density at radius 2 is 1.81 bits per heavy atom. The number of hydrogen-bond donors (Lipinski definition) is 3. The third kappa shape index (κ3) is 5.79. The summed E-state index contributed by atoms with van der Waals surface area (Å²) in [4.78, 5) is 49.0. The first-order valence-electron chi connectivity index (χ1n) is 14.7. The van der Waals surface area contributed by atoms with Crippen LogP contribution in [0.4, 0.5) is 0 Å². The summed E-state index contributed by atoms with van der Waals surface area (Å²) in [5.74, 6) is -0.688. The van der Waals surface area contributed by atoms with Crippen molar-refractivity contribution in [3.63, 3.8) is 0 Å². The van der Waals surface area contributed by atoms with E-state index >= 15 is 0 Å². The van der Waals surface area contributed by atoms with Gasteiger partial charge in [0, 0.05) is 29.4 Å². The van der Waals surface area contributed by atoms with Crippen molar-refractivity contribution in [3.8, 4) is 0 Å². The normalized spacial score (nSPS) is 18.4. The van der Waals surface area contributed by atoms with E-state index in [1.165, 1.54) is 17.4 Å². The summed E-state index contributed by atoms with van der Waals surface area (Å²) in [5.41, 5.74) is 5.33. The van der Waals surface area contributed by atoms with Gasteiger partial charge < -0.3 is 15.5 Å². The molecular weight excluding hydrogens is 544 g/mol. The Balaban J connectivity index is 1.45. The predicted octanol–water partition coefficient (Wildman–Crippen LogP) is 5.25. The zero-order valence-corrected chi connectivity index (χ0v) is 25.3. The van der Waals surface area contributed by atoms with E-state index in [0.717, 1.165) is 37.1 Å². The lowest BCUT2D eigenvalue weighted by atomic mass is 9.90. The Bertz CT molecular complexity index is 1670. The lowest BCUT2D eigenvalue weighted by Crippen LogP contribution is -2.41. The topological polar surface area (TPSA) is 145 Å². The number of imidazole rings is 1. The van der Waals surface area contributed by atoms with E-state index in [1.54, 1.807) is 35.9 Å². The zero-order chi connectivity index (χ0) is 31.0. The summed E-state index contributed by atoms with van der Waals surface area (Å²) in [7, 11) is 0. The van der Waals surface area contributed by atoms with Crippen molar-refractivity contribution in [1.29, 1.82) is 5.41 Å². The maximum absolute atomic E-state index is 13.4. The minimum atomic E-state index is -0.897. The van der Waals surface area contributed by atoms with Gasteiger partial charge in [0.1, 0.15) is 5.82 Å². The van der Waals surface area contributed by atoms with E-state index in [9.17, 15) is 19.5 Å². The average Bonchev–Trinajstić information content (AvgIpc) is 3.59. The number of carbonyl (C=O) groups excluding carboxylic acids is 3. The van der Waals surface area contributed by atoms with Crippen LogP contribution in [0.3, 0.4) is 0 Å². The number of allylic oxidation sites excluding steroid dienone is 6. The largest absolute Gasteiger partial charge is 0.391 e. The number of aryl methyl sites for hydroxylation is 2. The predicted molar refractivity (Wildman–Crippen MR) is 165 cm³/mol. The van der Waals surface area contributed by atoms with Crippen LogP contribution in [0.2, 0.25) is 0 Å². The van der Waals surface area contributed by atoms with Crippen molar-refractivity contribution in [2.75, 3.05) is 0 Å². The maximum Gasteiger partial charge on any atom is 0.261 e. The van der Waals surface area contributed by atoms with Gasteiger partial charge in [-0.05, 0) is 78.5 Å². The van der Waals surface area contributed by atoms with Gasteiger partial charge >= 0.3 is 0 Å². The quantitative estimate of drug-likeness (QED) is 0.103. The van der Waals surface area contributed by atoms with Crippen LogP contribution in [-0.4, -0.2) is 65.2 Å². The van der Waals surface area contributed by atoms with Gasteiger partial charge in [-0.3, -0.25) is 24.0 Å². The first-order valence-corrected chi connectivity index (χ1v) is 14.7. The van der Waals surface area contributed by atoms with Crippen LogP contribution in [0.1, 0.15) is 90.8 Å². The highest BCUT2D eigenvalue weighted by Gasteiger charge is 2.41. The minimum Gasteiger partial charge on any atom is -0.391 e. The molecule has 43 heavy (non-hydrogen) atoms. The standard InChI is InChI=1S/C33H38N6O4/c1-6-8-24(27(34)14-23(41)17-38-19(4)13-18(3)37-38)30(20(5)40)31-35-28-15-25-26(16-29(28)36-31)33(43)39(32(25)42)22-11-9-21(7-2)10-12-22/h6-8,13,15-16,22-23,34,41H,9-12,14,17H2,1-5H3,(H,35,36)/b8-6-,21-7?,30-24-,34-27?. The number of nitrogens with one attached hydrogen (secondary N) is 2. The van der Waals surface area contributed by atoms with Gasteiger partial charge in [-0.25, -0.2) is 4.98 Å². The molecule has 1 atom stereocenters. The molecule has 0 radical (unpaired) electrons. The van der Waals surface area contributed by atoms with E-state index in [1.807, 2.05) is 26.8 Å². The monoisotopic (exact) mass is 582 g/mol. The summed E-state index contributed by atoms with van der Waals surface area (Å²) in [6.45, 7) is 9.21. The molecule has 2 aromatic heterocycles. The number of amides is 2. The maximum atomic E-state index is 13.4. The molecule has 3 N–H and O–H groups in total. The van der Waals surface area contributed by atoms with Gasteiger partial charge in [-0.1, -0.05) is 23.8 Å². The first-order chi connectivity index (χ1) is 20.5. The molecule has 0 spiro atoms. The smallest absolute Gasteiger partial charge is 0.261 e. The van der Waals surface area contributed by atoms with Crippen molar-refractivity contribution in [2.45, 2.75) is 85.4 Å². The third-order valence-corrected chi connectivity index (χ3v) is 8.33. The van der Waals surface area contributed by atoms with Crippen LogP contribution in [0.15, 0.2) is 47.6 Å². The van der Waals surface area contributed by atoms with Crippen LogP contribution in [0, 0.1) is 19.3 Å². The average molecular weight is 583 g/mol. The Morgan fingerprint density at radius 3 is 2.40 bits per heavy atom. The first kappa shape index (κ1) is 30.0. The molecule has 1 aromatic carbocycles. The van der Waals surface area contributed by atoms with Gasteiger partial charge in [0.2, 0.25) is 0 Å². The van der Waals surface area contributed by atoms with E-state index in [4.69, 9.17) is 5.41 Å². The Morgan fingerprint density at radius 1 is 1.14 bits per heavy atom. The lowest BCUT2D eigenvalue weighted by Gasteiger charge is -2.30. The number of hydrogen-bond acceptors (Lipinski definition) is 7.